The summed E-state index contributed by atoms with van der Waals surface area (Å²) in [7, 11) is 0. The van der Waals surface area contributed by atoms with Crippen LogP contribution in [-0.4, -0.2) is 9.55 Å². The normalized spacial score (nSPS) is 11.5. The maximum absolute atomic E-state index is 13.6. The van der Waals surface area contributed by atoms with Crippen LogP contribution in [0.15, 0.2) is 94.2 Å². The average molecular weight is 579 g/mol. The lowest BCUT2D eigenvalue weighted by Gasteiger charge is -2.12. The van der Waals surface area contributed by atoms with E-state index in [-0.39, 0.29) is 5.56 Å². The fourth-order valence-corrected chi connectivity index (χ4v) is 4.35. The molecule has 1 aromatic heterocycles. The molecular weight excluding hydrogens is 563 g/mol. The van der Waals surface area contributed by atoms with Gasteiger partial charge in [-0.3, -0.25) is 9.36 Å². The van der Waals surface area contributed by atoms with Gasteiger partial charge in [-0.05, 0) is 87.5 Å². The molecule has 0 N–H and O–H groups in total. The summed E-state index contributed by atoms with van der Waals surface area (Å²) in [5, 5.41) is 2.83. The minimum Gasteiger partial charge on any atom is -0.268 e. The van der Waals surface area contributed by atoms with Crippen LogP contribution in [0.1, 0.15) is 11.4 Å². The molecule has 0 amide bonds. The molecule has 0 unspecified atom stereocenters. The van der Waals surface area contributed by atoms with Gasteiger partial charge in [-0.2, -0.15) is 0 Å². The third-order valence-corrected chi connectivity index (χ3v) is 6.34. The van der Waals surface area contributed by atoms with Crippen molar-refractivity contribution < 1.29 is 0 Å². The number of rotatable bonds is 3. The van der Waals surface area contributed by atoms with Crippen molar-refractivity contribution >= 4 is 72.3 Å². The number of hydrogen-bond donors (Lipinski definition) is 0. The van der Waals surface area contributed by atoms with Gasteiger partial charge in [-0.1, -0.05) is 64.5 Å². The van der Waals surface area contributed by atoms with Crippen LogP contribution >= 0.6 is 38.5 Å². The van der Waals surface area contributed by atoms with E-state index in [1.165, 1.54) is 0 Å². The molecule has 0 spiro atoms. The van der Waals surface area contributed by atoms with Gasteiger partial charge in [0.05, 0.1) is 16.6 Å². The molecule has 0 atom stereocenters. The minimum atomic E-state index is -0.0748. The fraction of sp³-hybridized carbons (Fsp3) is 0. The van der Waals surface area contributed by atoms with Crippen LogP contribution in [0.2, 0.25) is 0 Å². The lowest BCUT2D eigenvalue weighted by Crippen LogP contribution is -2.22. The van der Waals surface area contributed by atoms with Gasteiger partial charge in [0.2, 0.25) is 0 Å². The second-order valence-electron chi connectivity index (χ2n) is 7.19. The van der Waals surface area contributed by atoms with E-state index in [1.54, 1.807) is 4.57 Å². The van der Waals surface area contributed by atoms with Crippen LogP contribution < -0.4 is 5.56 Å². The van der Waals surface area contributed by atoms with Crippen molar-refractivity contribution in [1.29, 1.82) is 0 Å². The highest BCUT2D eigenvalue weighted by Gasteiger charge is 2.12. The molecule has 31 heavy (non-hydrogen) atoms. The van der Waals surface area contributed by atoms with E-state index in [0.29, 0.717) is 16.7 Å². The predicted molar refractivity (Wildman–Crippen MR) is 141 cm³/mol. The van der Waals surface area contributed by atoms with E-state index in [2.05, 4.69) is 50.7 Å². The number of benzene rings is 4. The largest absolute Gasteiger partial charge is 0.268 e. The van der Waals surface area contributed by atoms with Crippen molar-refractivity contribution in [2.24, 2.45) is 0 Å². The first-order valence-electron chi connectivity index (χ1n) is 9.74. The molecule has 0 saturated carbocycles. The monoisotopic (exact) mass is 578 g/mol. The summed E-state index contributed by atoms with van der Waals surface area (Å²) in [6, 6.07) is 28.0. The zero-order valence-corrected chi connectivity index (χ0v) is 20.0. The van der Waals surface area contributed by atoms with Gasteiger partial charge in [0.1, 0.15) is 5.82 Å². The Kier molecular flexibility index (Phi) is 5.46. The number of nitrogens with zero attached hydrogens (tertiary/aromatic N) is 2. The summed E-state index contributed by atoms with van der Waals surface area (Å²) >= 11 is 5.69. The molecule has 0 saturated heterocycles. The molecule has 0 aliphatic rings. The Labute approximate surface area is 201 Å². The molecule has 1 heterocycles. The predicted octanol–water partition coefficient (Wildman–Crippen LogP) is 7.08. The first-order valence-corrected chi connectivity index (χ1v) is 11.6. The SMILES string of the molecule is O=c1c2cc(I)ccc2nc(/C=C/c2ccc(Br)cc2)n1-c1ccc2ccccc2c1. The Morgan fingerprint density at radius 2 is 1.61 bits per heavy atom. The molecule has 3 nitrogen and oxygen atoms in total. The van der Waals surface area contributed by atoms with Crippen LogP contribution in [-0.2, 0) is 0 Å². The maximum atomic E-state index is 13.6. The van der Waals surface area contributed by atoms with Crippen molar-refractivity contribution in [2.75, 3.05) is 0 Å². The van der Waals surface area contributed by atoms with E-state index in [9.17, 15) is 4.79 Å². The summed E-state index contributed by atoms with van der Waals surface area (Å²) in [6.45, 7) is 0. The Morgan fingerprint density at radius 1 is 0.839 bits per heavy atom. The average Bonchev–Trinajstić information content (AvgIpc) is 2.79. The van der Waals surface area contributed by atoms with Crippen molar-refractivity contribution in [3.63, 3.8) is 0 Å². The molecule has 150 valence electrons. The highest BCUT2D eigenvalue weighted by atomic mass is 127. The zero-order valence-electron chi connectivity index (χ0n) is 16.3. The summed E-state index contributed by atoms with van der Waals surface area (Å²) < 4.78 is 3.73. The van der Waals surface area contributed by atoms with E-state index < -0.39 is 0 Å². The van der Waals surface area contributed by atoms with Crippen LogP contribution in [0, 0.1) is 3.57 Å². The molecule has 5 heteroatoms. The van der Waals surface area contributed by atoms with Gasteiger partial charge in [-0.25, -0.2) is 4.98 Å². The van der Waals surface area contributed by atoms with Crippen molar-refractivity contribution in [3.8, 4) is 5.69 Å². The Hall–Kier alpha value is -2.77. The summed E-state index contributed by atoms with van der Waals surface area (Å²) in [6.07, 6.45) is 3.88. The third-order valence-electron chi connectivity index (χ3n) is 5.14. The molecule has 0 aliphatic heterocycles. The molecule has 5 rings (SSSR count). The van der Waals surface area contributed by atoms with E-state index >= 15 is 0 Å². The smallest absolute Gasteiger partial charge is 0.266 e. The molecule has 0 radical (unpaired) electrons. The van der Waals surface area contributed by atoms with E-state index in [4.69, 9.17) is 4.98 Å². The van der Waals surface area contributed by atoms with Gasteiger partial charge >= 0.3 is 0 Å². The molecule has 0 aliphatic carbocycles. The first kappa shape index (κ1) is 20.2. The summed E-state index contributed by atoms with van der Waals surface area (Å²) in [5.41, 5.74) is 2.45. The second kappa shape index (κ2) is 8.40. The standard InChI is InChI=1S/C26H16BrIN2O/c27-20-9-5-17(6-10-20)7-14-25-29-24-13-11-21(28)16-23(24)26(31)30(25)22-12-8-18-3-1-2-4-19(18)15-22/h1-16H/b14-7+. The zero-order chi connectivity index (χ0) is 21.4. The first-order chi connectivity index (χ1) is 15.1. The topological polar surface area (TPSA) is 34.9 Å². The van der Waals surface area contributed by atoms with Crippen molar-refractivity contribution in [1.82, 2.24) is 9.55 Å². The third kappa shape index (κ3) is 4.07. The molecular formula is C26H16BrIN2O. The fourth-order valence-electron chi connectivity index (χ4n) is 3.60. The van der Waals surface area contributed by atoms with Crippen LogP contribution in [0.25, 0.3) is 39.5 Å². The lowest BCUT2D eigenvalue weighted by molar-refractivity contribution is 0.945. The van der Waals surface area contributed by atoms with Gasteiger partial charge in [0.15, 0.2) is 0 Å². The Balaban J connectivity index is 1.75. The van der Waals surface area contributed by atoms with Crippen molar-refractivity contribution in [3.05, 3.63) is 115 Å². The molecule has 5 aromatic rings. The quantitative estimate of drug-likeness (QED) is 0.214. The van der Waals surface area contributed by atoms with Gasteiger partial charge in [-0.15, -0.1) is 0 Å². The Morgan fingerprint density at radius 3 is 2.42 bits per heavy atom. The van der Waals surface area contributed by atoms with Gasteiger partial charge < -0.3 is 0 Å². The number of aromatic nitrogens is 2. The number of fused-ring (bicyclic) bond motifs is 2. The lowest BCUT2D eigenvalue weighted by atomic mass is 10.1. The molecule has 4 aromatic carbocycles. The highest BCUT2D eigenvalue weighted by Crippen LogP contribution is 2.21. The van der Waals surface area contributed by atoms with Crippen LogP contribution in [0.3, 0.4) is 0 Å². The van der Waals surface area contributed by atoms with Crippen LogP contribution in [0.4, 0.5) is 0 Å². The Bertz CT molecular complexity index is 1520. The van der Waals surface area contributed by atoms with Gasteiger partial charge in [0, 0.05) is 8.04 Å². The van der Waals surface area contributed by atoms with Gasteiger partial charge in [0.25, 0.3) is 5.56 Å². The summed E-state index contributed by atoms with van der Waals surface area (Å²) in [4.78, 5) is 18.4. The summed E-state index contributed by atoms with van der Waals surface area (Å²) in [5.74, 6) is 0.594. The molecule has 0 bridgehead atoms. The molecule has 0 fully saturated rings. The number of halogens is 2. The number of hydrogen-bond acceptors (Lipinski definition) is 2. The minimum absolute atomic E-state index is 0.0748. The second-order valence-corrected chi connectivity index (χ2v) is 9.35. The van der Waals surface area contributed by atoms with E-state index in [0.717, 1.165) is 30.1 Å². The van der Waals surface area contributed by atoms with Crippen molar-refractivity contribution in [2.45, 2.75) is 0 Å². The van der Waals surface area contributed by atoms with Crippen LogP contribution in [0.5, 0.6) is 0 Å². The van der Waals surface area contributed by atoms with E-state index in [1.807, 2.05) is 84.9 Å². The maximum Gasteiger partial charge on any atom is 0.266 e. The highest BCUT2D eigenvalue weighted by molar-refractivity contribution is 14.1.